The van der Waals surface area contributed by atoms with Crippen molar-refractivity contribution >= 4 is 117 Å². The van der Waals surface area contributed by atoms with Crippen molar-refractivity contribution in [3.63, 3.8) is 0 Å². The first-order valence-corrected chi connectivity index (χ1v) is 27.2. The molecule has 0 N–H and O–H groups in total. The van der Waals surface area contributed by atoms with Gasteiger partial charge in [0.25, 0.3) is 0 Å². The lowest BCUT2D eigenvalue weighted by Crippen LogP contribution is -2.65. The zero-order valence-electron chi connectivity index (χ0n) is 39.4. The highest BCUT2D eigenvalue weighted by Crippen LogP contribution is 2.55. The summed E-state index contributed by atoms with van der Waals surface area (Å²) in [5, 5.41) is 15.4. The second kappa shape index (κ2) is 13.5. The SMILES string of the molecule is c1ccc(-c2ccc3c(c2)c2ccc4ccc5c6cc(-c7ccccc7)ccc6n6c5c4c2n3[Si]62n3c4ccc(-c5ccccc5)cc4c4ccc5ccc6c7cc(-c8ccccc8)ccc7n2c6c5c43)cc1. The molecule has 336 valence electrons. The maximum absolute atomic E-state index is 3.79. The number of fused-ring (bicyclic) bond motifs is 16. The summed E-state index contributed by atoms with van der Waals surface area (Å²) in [6, 6.07) is 92.1. The van der Waals surface area contributed by atoms with Crippen LogP contribution in [-0.4, -0.2) is 25.7 Å². The van der Waals surface area contributed by atoms with Gasteiger partial charge in [0.05, 0.1) is 22.1 Å². The molecule has 0 saturated heterocycles. The Morgan fingerprint density at radius 3 is 0.699 bits per heavy atom. The molecule has 0 bridgehead atoms. The molecule has 4 nitrogen and oxygen atoms in total. The molecule has 5 heteroatoms. The summed E-state index contributed by atoms with van der Waals surface area (Å²) < 4.78 is 11.6. The summed E-state index contributed by atoms with van der Waals surface area (Å²) >= 11 is 0. The van der Waals surface area contributed by atoms with Gasteiger partial charge in [0, 0.05) is 75.9 Å². The number of rotatable bonds is 4. The molecule has 73 heavy (non-hydrogen) atoms. The summed E-state index contributed by atoms with van der Waals surface area (Å²) in [6.45, 7) is 0. The van der Waals surface area contributed by atoms with Crippen molar-refractivity contribution in [1.82, 2.24) is 16.9 Å². The third kappa shape index (κ3) is 4.64. The average Bonchev–Trinajstić information content (AvgIpc) is 4.29. The molecule has 6 heterocycles. The van der Waals surface area contributed by atoms with E-state index >= 15 is 0 Å². The summed E-state index contributed by atoms with van der Waals surface area (Å²) in [6.07, 6.45) is 0. The van der Waals surface area contributed by atoms with Crippen LogP contribution >= 0.6 is 0 Å². The monoisotopic (exact) mass is 940 g/mol. The van der Waals surface area contributed by atoms with Gasteiger partial charge in [-0.15, -0.1) is 0 Å². The Kier molecular flexibility index (Phi) is 7.09. The minimum Gasteiger partial charge on any atom is -0.314 e. The lowest BCUT2D eigenvalue weighted by atomic mass is 9.99. The molecule has 2 aliphatic heterocycles. The van der Waals surface area contributed by atoms with Crippen LogP contribution in [0.5, 0.6) is 0 Å². The molecule has 16 aromatic rings. The molecule has 1 spiro atoms. The van der Waals surface area contributed by atoms with Crippen molar-refractivity contribution in [2.75, 3.05) is 0 Å². The smallest absolute Gasteiger partial charge is 0.314 e. The van der Waals surface area contributed by atoms with Gasteiger partial charge in [0.15, 0.2) is 0 Å². The Labute approximate surface area is 419 Å². The predicted molar refractivity (Wildman–Crippen MR) is 309 cm³/mol. The van der Waals surface area contributed by atoms with Crippen LogP contribution in [-0.2, 0) is 0 Å². The van der Waals surface area contributed by atoms with Crippen molar-refractivity contribution in [3.05, 3.63) is 243 Å². The van der Waals surface area contributed by atoms with Gasteiger partial charge in [-0.1, -0.05) is 194 Å². The van der Waals surface area contributed by atoms with E-state index in [1.807, 2.05) is 0 Å². The maximum Gasteiger partial charge on any atom is 0.521 e. The number of benzene rings is 12. The first kappa shape index (κ1) is 38.3. The first-order valence-electron chi connectivity index (χ1n) is 25.4. The van der Waals surface area contributed by atoms with Crippen molar-refractivity contribution in [2.24, 2.45) is 0 Å². The van der Waals surface area contributed by atoms with E-state index in [2.05, 4.69) is 260 Å². The highest BCUT2D eigenvalue weighted by molar-refractivity contribution is 6.83. The molecule has 12 aromatic carbocycles. The molecule has 0 atom stereocenters. The van der Waals surface area contributed by atoms with Gasteiger partial charge in [0.2, 0.25) is 0 Å². The molecule has 18 rings (SSSR count). The molecule has 0 fully saturated rings. The van der Waals surface area contributed by atoms with Crippen LogP contribution in [0.1, 0.15) is 0 Å². The normalized spacial score (nSPS) is 13.6. The van der Waals surface area contributed by atoms with Crippen molar-refractivity contribution < 1.29 is 0 Å². The van der Waals surface area contributed by atoms with Crippen molar-refractivity contribution in [1.29, 1.82) is 0 Å². The topological polar surface area (TPSA) is 19.7 Å². The van der Waals surface area contributed by atoms with Crippen LogP contribution in [0.4, 0.5) is 0 Å². The zero-order valence-corrected chi connectivity index (χ0v) is 40.4. The number of hydrogen-bond donors (Lipinski definition) is 0. The van der Waals surface area contributed by atoms with Crippen LogP contribution in [0.3, 0.4) is 0 Å². The Morgan fingerprint density at radius 1 is 0.205 bits per heavy atom. The predicted octanol–water partition coefficient (Wildman–Crippen LogP) is 17.6. The van der Waals surface area contributed by atoms with E-state index in [1.165, 1.54) is 153 Å². The van der Waals surface area contributed by atoms with Crippen LogP contribution < -0.4 is 0 Å². The maximum atomic E-state index is 2.91. The largest absolute Gasteiger partial charge is 0.521 e. The third-order valence-corrected chi connectivity index (χ3v) is 21.2. The average molecular weight is 941 g/mol. The Morgan fingerprint density at radius 2 is 0.452 bits per heavy atom. The van der Waals surface area contributed by atoms with E-state index in [0.29, 0.717) is 0 Å². The summed E-state index contributed by atoms with van der Waals surface area (Å²) in [5.41, 5.74) is 20.0. The van der Waals surface area contributed by atoms with Crippen LogP contribution in [0.15, 0.2) is 243 Å². The molecule has 4 aromatic heterocycles. The van der Waals surface area contributed by atoms with Gasteiger partial charge in [-0.25, -0.2) is 0 Å². The standard InChI is InChI=1S/C68H40N4Si/c1-5-13-41(14-6-1)47-25-33-59-55(37-47)51-29-21-45-22-30-52-56-38-48(42-15-7-2-8-16-42)26-34-60(56)70-66(52)63(45)65(51)69(59)73(70)71-61-35-27-49(43-17-9-3-10-18-43)39-57(61)53-31-23-46-24-32-54-58-40-50(44-19-11-4-12-20-44)28-36-62(58)72(73)68(54)64(46)67(53)71/h1-40H. The van der Waals surface area contributed by atoms with E-state index in [9.17, 15) is 0 Å². The molecule has 0 saturated carbocycles. The fourth-order valence-electron chi connectivity index (χ4n) is 13.9. The zero-order chi connectivity index (χ0) is 47.3. The molecular formula is C68H40N4Si. The van der Waals surface area contributed by atoms with E-state index in [4.69, 9.17) is 0 Å². The molecular weight excluding hydrogens is 901 g/mol. The van der Waals surface area contributed by atoms with Crippen molar-refractivity contribution in [3.8, 4) is 44.5 Å². The Bertz CT molecular complexity index is 4480. The van der Waals surface area contributed by atoms with Gasteiger partial charge < -0.3 is 16.9 Å². The Balaban J connectivity index is 1.12. The van der Waals surface area contributed by atoms with Crippen LogP contribution in [0.2, 0.25) is 0 Å². The number of aromatic nitrogens is 4. The highest BCUT2D eigenvalue weighted by atomic mass is 28.4. The lowest BCUT2D eigenvalue weighted by molar-refractivity contribution is 0.916. The van der Waals surface area contributed by atoms with Crippen molar-refractivity contribution in [2.45, 2.75) is 0 Å². The summed E-state index contributed by atoms with van der Waals surface area (Å²) in [5.74, 6) is 0. The van der Waals surface area contributed by atoms with Gasteiger partial charge in [-0.2, -0.15) is 0 Å². The van der Waals surface area contributed by atoms with Gasteiger partial charge >= 0.3 is 8.72 Å². The van der Waals surface area contributed by atoms with Gasteiger partial charge in [-0.3, -0.25) is 0 Å². The number of hydrogen-bond acceptors (Lipinski definition) is 0. The van der Waals surface area contributed by atoms with E-state index < -0.39 is 8.72 Å². The fourth-order valence-corrected chi connectivity index (χ4v) is 19.3. The van der Waals surface area contributed by atoms with E-state index in [-0.39, 0.29) is 0 Å². The lowest BCUT2D eigenvalue weighted by Gasteiger charge is -2.43. The molecule has 0 radical (unpaired) electrons. The minimum absolute atomic E-state index is 1.22. The number of nitrogens with zero attached hydrogens (tertiary/aromatic N) is 4. The van der Waals surface area contributed by atoms with E-state index in [1.54, 1.807) is 0 Å². The second-order valence-corrected chi connectivity index (χ2v) is 23.4. The quantitative estimate of drug-likeness (QED) is 0.157. The third-order valence-electron chi connectivity index (χ3n) is 16.9. The summed E-state index contributed by atoms with van der Waals surface area (Å²) in [4.78, 5) is 0. The molecule has 0 aliphatic carbocycles. The van der Waals surface area contributed by atoms with Crippen LogP contribution in [0, 0.1) is 0 Å². The second-order valence-electron chi connectivity index (χ2n) is 20.4. The molecule has 0 amide bonds. The first-order chi connectivity index (χ1) is 36.2. The molecule has 0 unspecified atom stereocenters. The fraction of sp³-hybridized carbons (Fsp3) is 0. The van der Waals surface area contributed by atoms with Crippen LogP contribution in [0.25, 0.3) is 153 Å². The summed E-state index contributed by atoms with van der Waals surface area (Å²) in [7, 11) is -3.79. The molecule has 2 aliphatic rings. The van der Waals surface area contributed by atoms with E-state index in [0.717, 1.165) is 0 Å². The minimum atomic E-state index is -3.79. The highest BCUT2D eigenvalue weighted by Gasteiger charge is 2.56. The Hall–Kier alpha value is -9.42. The van der Waals surface area contributed by atoms with Gasteiger partial charge in [0.1, 0.15) is 0 Å². The van der Waals surface area contributed by atoms with Gasteiger partial charge in [-0.05, 0) is 104 Å².